The van der Waals surface area contributed by atoms with Gasteiger partial charge in [-0.15, -0.1) is 0 Å². The normalized spacial score (nSPS) is 4.40. The van der Waals surface area contributed by atoms with Gasteiger partial charge in [-0.05, 0) is 0 Å². The molecule has 0 rings (SSSR count). The summed E-state index contributed by atoms with van der Waals surface area (Å²) in [4.78, 5) is 0. The fourth-order valence-electron chi connectivity index (χ4n) is 0. The Morgan fingerprint density at radius 2 is 1.00 bits per heavy atom. The van der Waals surface area contributed by atoms with E-state index in [-0.39, 0.29) is 11.0 Å². The van der Waals surface area contributed by atoms with Gasteiger partial charge < -0.3 is 11.0 Å². The molecule has 0 bridgehead atoms. The molecule has 0 radical (unpaired) electrons. The van der Waals surface area contributed by atoms with Crippen LogP contribution in [0.1, 0.15) is 0 Å². The second-order valence-electron chi connectivity index (χ2n) is 0.0476. The van der Waals surface area contributed by atoms with Crippen molar-refractivity contribution in [3.8, 4) is 0 Å². The van der Waals surface area contributed by atoms with Crippen molar-refractivity contribution >= 4 is 0 Å². The zero-order valence-corrected chi connectivity index (χ0v) is 3.13. The quantitative estimate of drug-likeness (QED) is 0.414. The van der Waals surface area contributed by atoms with Crippen LogP contribution in [-0.2, 0) is 15.6 Å². The molecule has 0 aromatic heterocycles. The van der Waals surface area contributed by atoms with Crippen LogP contribution >= 0.6 is 0 Å². The first kappa shape index (κ1) is 18.6. The summed E-state index contributed by atoms with van der Waals surface area (Å²) in [7, 11) is 0. The van der Waals surface area contributed by atoms with E-state index in [9.17, 15) is 7.16 Å². The first-order valence-electron chi connectivity index (χ1n) is 0.252. The SMILES string of the molecule is O.O.[F][Co][F]. The molecule has 0 fully saturated rings. The molecule has 0 aliphatic carbocycles. The Morgan fingerprint density at radius 3 is 1.00 bits per heavy atom. The van der Waals surface area contributed by atoms with E-state index in [4.69, 9.17) is 0 Å². The molecule has 0 spiro atoms. The van der Waals surface area contributed by atoms with E-state index in [0.29, 0.717) is 0 Å². The van der Waals surface area contributed by atoms with Crippen molar-refractivity contribution < 1.29 is 33.7 Å². The van der Waals surface area contributed by atoms with Crippen molar-refractivity contribution in [3.63, 3.8) is 0 Å². The van der Waals surface area contributed by atoms with Crippen molar-refractivity contribution in [2.24, 2.45) is 0 Å². The Bertz CT molecular complexity index is 7.61. The summed E-state index contributed by atoms with van der Waals surface area (Å²) >= 11 is -1.56. The molecule has 0 aromatic rings. The molecule has 0 heterocycles. The molecular weight excluding hydrogens is 129 g/mol. The zero-order valence-electron chi connectivity index (χ0n) is 2.09. The number of rotatable bonds is 0. The maximum absolute atomic E-state index is 9.59. The van der Waals surface area contributed by atoms with Crippen molar-refractivity contribution in [3.05, 3.63) is 0 Å². The van der Waals surface area contributed by atoms with Crippen LogP contribution in [0.5, 0.6) is 0 Å². The molecule has 39 valence electrons. The van der Waals surface area contributed by atoms with E-state index in [1.54, 1.807) is 0 Å². The monoisotopic (exact) mass is 133 g/mol. The molecule has 4 N–H and O–H groups in total. The first-order valence-corrected chi connectivity index (χ1v) is 1.04. The third-order valence-corrected chi connectivity index (χ3v) is 0. The Hall–Kier alpha value is 0.286. The molecule has 0 aliphatic rings. The molecule has 0 aliphatic heterocycles. The minimum absolute atomic E-state index is 0. The van der Waals surface area contributed by atoms with Gasteiger partial charge in [0.15, 0.2) is 0 Å². The fraction of sp³-hybridized carbons (Fsp3) is 0. The molecule has 0 saturated heterocycles. The molecular formula is H4CoF2O2. The van der Waals surface area contributed by atoms with E-state index in [2.05, 4.69) is 0 Å². The van der Waals surface area contributed by atoms with Gasteiger partial charge in [0, 0.05) is 0 Å². The van der Waals surface area contributed by atoms with Crippen LogP contribution in [0.2, 0.25) is 0 Å². The van der Waals surface area contributed by atoms with Crippen LogP contribution in [0.3, 0.4) is 0 Å². The number of halogens is 2. The predicted molar refractivity (Wildman–Crippen MR) is 9.44 cm³/mol. The molecule has 0 atom stereocenters. The Labute approximate surface area is 34.7 Å². The summed E-state index contributed by atoms with van der Waals surface area (Å²) in [6, 6.07) is 0. The molecule has 5 heavy (non-hydrogen) atoms. The predicted octanol–water partition coefficient (Wildman–Crippen LogP) is -0.811. The summed E-state index contributed by atoms with van der Waals surface area (Å²) < 4.78 is 19.2. The third-order valence-electron chi connectivity index (χ3n) is 0. The molecule has 2 nitrogen and oxygen atoms in total. The van der Waals surface area contributed by atoms with Crippen LogP contribution in [0.25, 0.3) is 0 Å². The summed E-state index contributed by atoms with van der Waals surface area (Å²) in [5, 5.41) is 0. The van der Waals surface area contributed by atoms with Gasteiger partial charge in [-0.25, -0.2) is 0 Å². The molecule has 0 aromatic carbocycles. The molecule has 5 heteroatoms. The summed E-state index contributed by atoms with van der Waals surface area (Å²) in [5.41, 5.74) is 0. The van der Waals surface area contributed by atoms with Crippen LogP contribution in [-0.4, -0.2) is 11.0 Å². The van der Waals surface area contributed by atoms with Crippen LogP contribution < -0.4 is 0 Å². The van der Waals surface area contributed by atoms with E-state index < -0.39 is 15.6 Å². The summed E-state index contributed by atoms with van der Waals surface area (Å²) in [5.74, 6) is 0. The minimum atomic E-state index is -1.56. The van der Waals surface area contributed by atoms with E-state index >= 15 is 0 Å². The van der Waals surface area contributed by atoms with Crippen molar-refractivity contribution in [2.75, 3.05) is 0 Å². The topological polar surface area (TPSA) is 63.0 Å². The Kier molecular flexibility index (Phi) is 104. The van der Waals surface area contributed by atoms with E-state index in [0.717, 1.165) is 0 Å². The number of hydrogen-bond acceptors (Lipinski definition) is 0. The Morgan fingerprint density at radius 1 is 1.00 bits per heavy atom. The van der Waals surface area contributed by atoms with Gasteiger partial charge in [-0.2, -0.15) is 0 Å². The van der Waals surface area contributed by atoms with Crippen LogP contribution in [0.4, 0.5) is 7.16 Å². The zero-order chi connectivity index (χ0) is 2.71. The van der Waals surface area contributed by atoms with Gasteiger partial charge in [0.25, 0.3) is 0 Å². The van der Waals surface area contributed by atoms with Crippen LogP contribution in [0, 0.1) is 0 Å². The van der Waals surface area contributed by atoms with Gasteiger partial charge >= 0.3 is 22.8 Å². The van der Waals surface area contributed by atoms with Gasteiger partial charge in [-0.1, -0.05) is 0 Å². The van der Waals surface area contributed by atoms with Crippen molar-refractivity contribution in [2.45, 2.75) is 0 Å². The Balaban J connectivity index is -0.0000000200. The van der Waals surface area contributed by atoms with E-state index in [1.807, 2.05) is 0 Å². The fourth-order valence-corrected chi connectivity index (χ4v) is 0. The second-order valence-corrected chi connectivity index (χ2v) is 0.196. The van der Waals surface area contributed by atoms with Gasteiger partial charge in [0.1, 0.15) is 0 Å². The van der Waals surface area contributed by atoms with E-state index in [1.165, 1.54) is 0 Å². The number of hydrogen-bond donors (Lipinski definition) is 0. The second kappa shape index (κ2) is 28.0. The van der Waals surface area contributed by atoms with Gasteiger partial charge in [-0.3, -0.25) is 0 Å². The van der Waals surface area contributed by atoms with Crippen LogP contribution in [0.15, 0.2) is 0 Å². The molecule has 0 saturated carbocycles. The summed E-state index contributed by atoms with van der Waals surface area (Å²) in [6.45, 7) is 0. The van der Waals surface area contributed by atoms with Gasteiger partial charge in [0.05, 0.1) is 0 Å². The van der Waals surface area contributed by atoms with Crippen molar-refractivity contribution in [1.82, 2.24) is 0 Å². The average Bonchev–Trinajstić information content (AvgIpc) is 0.918. The maximum atomic E-state index is 9.59. The molecule has 0 unspecified atom stereocenters. The average molecular weight is 133 g/mol. The van der Waals surface area contributed by atoms with Gasteiger partial charge in [0.2, 0.25) is 0 Å². The summed E-state index contributed by atoms with van der Waals surface area (Å²) in [6.07, 6.45) is 0. The molecule has 0 amide bonds. The first-order chi connectivity index (χ1) is 1.41. The standard InChI is InChI=1S/Co.2FH.2H2O/h;2*1H;2*1H2/q+2;;;;/p-2. The van der Waals surface area contributed by atoms with Crippen molar-refractivity contribution in [1.29, 1.82) is 0 Å². The third kappa shape index (κ3) is 273.